The Kier molecular flexibility index (Phi) is 8.12. The van der Waals surface area contributed by atoms with Crippen molar-refractivity contribution in [3.63, 3.8) is 0 Å². The van der Waals surface area contributed by atoms with Crippen LogP contribution in [-0.2, 0) is 26.1 Å². The van der Waals surface area contributed by atoms with Crippen molar-refractivity contribution in [2.45, 2.75) is 19.5 Å². The highest BCUT2D eigenvalue weighted by Crippen LogP contribution is 2.27. The second kappa shape index (κ2) is 11.5. The lowest BCUT2D eigenvalue weighted by molar-refractivity contribution is -0.122. The standard InChI is InChI=1S/C27H31N3O5S/c1-21(27(31)28-20-22-8-10-23(11-9-22)29-16-18-34-19-17-29)30(36(2,32)33)24-12-14-26(15-13-24)35-25-6-4-3-5-7-25/h3-15,21H,16-20H2,1-2H3,(H,28,31)/t21-/m0/s1. The molecule has 1 amide bonds. The molecule has 9 heteroatoms. The molecule has 4 rings (SSSR count). The molecule has 0 spiro atoms. The number of carbonyl (C=O) groups excluding carboxylic acids is 1. The third-order valence-corrected chi connectivity index (χ3v) is 7.18. The Morgan fingerprint density at radius 2 is 1.58 bits per heavy atom. The molecule has 1 heterocycles. The van der Waals surface area contributed by atoms with E-state index in [1.165, 1.54) is 0 Å². The monoisotopic (exact) mass is 509 g/mol. The molecule has 0 aromatic heterocycles. The van der Waals surface area contributed by atoms with Crippen molar-refractivity contribution in [2.24, 2.45) is 0 Å². The second-order valence-electron chi connectivity index (χ2n) is 8.63. The van der Waals surface area contributed by atoms with Crippen LogP contribution in [0, 0.1) is 0 Å². The number of benzene rings is 3. The zero-order chi connectivity index (χ0) is 25.5. The van der Waals surface area contributed by atoms with Crippen molar-refractivity contribution >= 4 is 27.3 Å². The Bertz CT molecular complexity index is 1240. The van der Waals surface area contributed by atoms with Crippen LogP contribution < -0.4 is 19.3 Å². The summed E-state index contributed by atoms with van der Waals surface area (Å²) in [6.45, 7) is 5.02. The summed E-state index contributed by atoms with van der Waals surface area (Å²) in [6.07, 6.45) is 1.09. The number of sulfonamides is 1. The number of carbonyl (C=O) groups is 1. The van der Waals surface area contributed by atoms with Crippen molar-refractivity contribution in [2.75, 3.05) is 41.8 Å². The SMILES string of the molecule is C[C@@H](C(=O)NCc1ccc(N2CCOCC2)cc1)N(c1ccc(Oc2ccccc2)cc1)S(C)(=O)=O. The topological polar surface area (TPSA) is 88.2 Å². The summed E-state index contributed by atoms with van der Waals surface area (Å²) >= 11 is 0. The Morgan fingerprint density at radius 1 is 0.972 bits per heavy atom. The Balaban J connectivity index is 1.39. The smallest absolute Gasteiger partial charge is 0.243 e. The van der Waals surface area contributed by atoms with E-state index in [-0.39, 0.29) is 5.91 Å². The minimum Gasteiger partial charge on any atom is -0.457 e. The number of morpholine rings is 1. The van der Waals surface area contributed by atoms with Crippen LogP contribution in [0.15, 0.2) is 78.9 Å². The van der Waals surface area contributed by atoms with E-state index >= 15 is 0 Å². The van der Waals surface area contributed by atoms with Crippen LogP contribution in [0.4, 0.5) is 11.4 Å². The molecule has 1 aliphatic heterocycles. The summed E-state index contributed by atoms with van der Waals surface area (Å²) < 4.78 is 37.5. The van der Waals surface area contributed by atoms with Crippen LogP contribution >= 0.6 is 0 Å². The van der Waals surface area contributed by atoms with Gasteiger partial charge in [-0.25, -0.2) is 8.42 Å². The first-order valence-electron chi connectivity index (χ1n) is 11.8. The Hall–Kier alpha value is -3.56. The van der Waals surface area contributed by atoms with Gasteiger partial charge in [0.25, 0.3) is 0 Å². The van der Waals surface area contributed by atoms with Gasteiger partial charge < -0.3 is 19.7 Å². The molecule has 3 aromatic rings. The molecular formula is C27H31N3O5S. The number of rotatable bonds is 9. The van der Waals surface area contributed by atoms with Gasteiger partial charge in [-0.15, -0.1) is 0 Å². The number of para-hydroxylation sites is 1. The minimum atomic E-state index is -3.72. The molecule has 1 N–H and O–H groups in total. The van der Waals surface area contributed by atoms with Gasteiger partial charge in [-0.3, -0.25) is 9.10 Å². The molecule has 0 aliphatic carbocycles. The van der Waals surface area contributed by atoms with Gasteiger partial charge in [-0.1, -0.05) is 30.3 Å². The zero-order valence-corrected chi connectivity index (χ0v) is 21.3. The summed E-state index contributed by atoms with van der Waals surface area (Å²) in [5, 5.41) is 2.86. The van der Waals surface area contributed by atoms with Crippen molar-refractivity contribution in [1.29, 1.82) is 0 Å². The molecule has 0 unspecified atom stereocenters. The van der Waals surface area contributed by atoms with E-state index in [0.717, 1.165) is 48.1 Å². The normalized spacial score (nSPS) is 14.7. The molecule has 8 nitrogen and oxygen atoms in total. The van der Waals surface area contributed by atoms with E-state index in [1.807, 2.05) is 54.6 Å². The molecule has 1 fully saturated rings. The number of amides is 1. The van der Waals surface area contributed by atoms with Gasteiger partial charge in [0, 0.05) is 25.3 Å². The van der Waals surface area contributed by atoms with Crippen LogP contribution in [0.25, 0.3) is 0 Å². The highest BCUT2D eigenvalue weighted by molar-refractivity contribution is 7.92. The quantitative estimate of drug-likeness (QED) is 0.472. The van der Waals surface area contributed by atoms with Crippen LogP contribution in [-0.4, -0.2) is 52.9 Å². The molecule has 3 aromatic carbocycles. The maximum atomic E-state index is 12.9. The lowest BCUT2D eigenvalue weighted by Crippen LogP contribution is -2.47. The van der Waals surface area contributed by atoms with E-state index in [2.05, 4.69) is 10.2 Å². The summed E-state index contributed by atoms with van der Waals surface area (Å²) in [4.78, 5) is 15.2. The third-order valence-electron chi connectivity index (χ3n) is 5.94. The largest absolute Gasteiger partial charge is 0.457 e. The van der Waals surface area contributed by atoms with Gasteiger partial charge in [0.2, 0.25) is 15.9 Å². The molecule has 0 saturated carbocycles. The van der Waals surface area contributed by atoms with Crippen LogP contribution in [0.2, 0.25) is 0 Å². The van der Waals surface area contributed by atoms with E-state index in [0.29, 0.717) is 23.7 Å². The fourth-order valence-electron chi connectivity index (χ4n) is 4.08. The first kappa shape index (κ1) is 25.5. The predicted molar refractivity (Wildman–Crippen MR) is 141 cm³/mol. The van der Waals surface area contributed by atoms with E-state index in [9.17, 15) is 13.2 Å². The lowest BCUT2D eigenvalue weighted by Gasteiger charge is -2.29. The minimum absolute atomic E-state index is 0.300. The summed E-state index contributed by atoms with van der Waals surface area (Å²) in [7, 11) is -3.72. The van der Waals surface area contributed by atoms with Crippen molar-refractivity contribution in [3.8, 4) is 11.5 Å². The highest BCUT2D eigenvalue weighted by Gasteiger charge is 2.29. The summed E-state index contributed by atoms with van der Waals surface area (Å²) in [6, 6.07) is 23.0. The van der Waals surface area contributed by atoms with Crippen molar-refractivity contribution in [1.82, 2.24) is 5.32 Å². The number of ether oxygens (including phenoxy) is 2. The Labute approximate surface area is 212 Å². The second-order valence-corrected chi connectivity index (χ2v) is 10.5. The summed E-state index contributed by atoms with van der Waals surface area (Å²) in [5.74, 6) is 0.856. The van der Waals surface area contributed by atoms with Crippen molar-refractivity contribution < 1.29 is 22.7 Å². The molecule has 190 valence electrons. The summed E-state index contributed by atoms with van der Waals surface area (Å²) in [5.41, 5.74) is 2.43. The molecule has 1 saturated heterocycles. The van der Waals surface area contributed by atoms with Crippen LogP contribution in [0.5, 0.6) is 11.5 Å². The number of nitrogens with zero attached hydrogens (tertiary/aromatic N) is 2. The number of anilines is 2. The molecule has 1 aliphatic rings. The van der Waals surface area contributed by atoms with Gasteiger partial charge >= 0.3 is 0 Å². The predicted octanol–water partition coefficient (Wildman–Crippen LogP) is 3.79. The van der Waals surface area contributed by atoms with E-state index < -0.39 is 16.1 Å². The maximum Gasteiger partial charge on any atom is 0.243 e. The number of hydrogen-bond acceptors (Lipinski definition) is 6. The highest BCUT2D eigenvalue weighted by atomic mass is 32.2. The van der Waals surface area contributed by atoms with E-state index in [1.54, 1.807) is 31.2 Å². The molecule has 0 bridgehead atoms. The fourth-order valence-corrected chi connectivity index (χ4v) is 5.25. The average Bonchev–Trinajstić information content (AvgIpc) is 2.89. The fraction of sp³-hybridized carbons (Fsp3) is 0.296. The molecule has 36 heavy (non-hydrogen) atoms. The van der Waals surface area contributed by atoms with Gasteiger partial charge in [0.05, 0.1) is 25.2 Å². The molecule has 0 radical (unpaired) electrons. The van der Waals surface area contributed by atoms with Gasteiger partial charge in [-0.2, -0.15) is 0 Å². The Morgan fingerprint density at radius 3 is 2.19 bits per heavy atom. The number of nitrogens with one attached hydrogen (secondary N) is 1. The van der Waals surface area contributed by atoms with Gasteiger partial charge in [0.1, 0.15) is 17.5 Å². The molecular weight excluding hydrogens is 478 g/mol. The first-order valence-corrected chi connectivity index (χ1v) is 13.7. The van der Waals surface area contributed by atoms with Crippen LogP contribution in [0.3, 0.4) is 0 Å². The van der Waals surface area contributed by atoms with Gasteiger partial charge in [0.15, 0.2) is 0 Å². The third kappa shape index (κ3) is 6.56. The maximum absolute atomic E-state index is 12.9. The van der Waals surface area contributed by atoms with E-state index in [4.69, 9.17) is 9.47 Å². The molecule has 1 atom stereocenters. The zero-order valence-electron chi connectivity index (χ0n) is 20.5. The first-order chi connectivity index (χ1) is 17.3. The average molecular weight is 510 g/mol. The van der Waals surface area contributed by atoms with Crippen LogP contribution in [0.1, 0.15) is 12.5 Å². The van der Waals surface area contributed by atoms with Crippen molar-refractivity contribution in [3.05, 3.63) is 84.4 Å². The lowest BCUT2D eigenvalue weighted by atomic mass is 10.1. The van der Waals surface area contributed by atoms with Gasteiger partial charge in [-0.05, 0) is 61.0 Å². The number of hydrogen-bond donors (Lipinski definition) is 1.